The summed E-state index contributed by atoms with van der Waals surface area (Å²) in [5.41, 5.74) is 6.75. The van der Waals surface area contributed by atoms with Crippen molar-refractivity contribution in [3.05, 3.63) is 55.5 Å². The first-order valence-corrected chi connectivity index (χ1v) is 6.32. The van der Waals surface area contributed by atoms with Gasteiger partial charge < -0.3 is 5.73 Å². The normalized spacial score (nSPS) is 10.6. The van der Waals surface area contributed by atoms with Gasteiger partial charge in [0.25, 0.3) is 5.56 Å². The van der Waals surface area contributed by atoms with Crippen molar-refractivity contribution in [2.75, 3.05) is 5.73 Å². The van der Waals surface area contributed by atoms with Crippen LogP contribution in [-0.4, -0.2) is 9.55 Å². The maximum atomic E-state index is 13.6. The van der Waals surface area contributed by atoms with Crippen LogP contribution in [0.4, 0.5) is 10.1 Å². The molecule has 18 heavy (non-hydrogen) atoms. The Balaban J connectivity index is 2.41. The number of nitrogens with zero attached hydrogens (tertiary/aromatic N) is 2. The highest BCUT2D eigenvalue weighted by Crippen LogP contribution is 2.12. The summed E-state index contributed by atoms with van der Waals surface area (Å²) in [4.78, 5) is 16.0. The van der Waals surface area contributed by atoms with Crippen LogP contribution < -0.4 is 11.3 Å². The quantitative estimate of drug-likeness (QED) is 0.659. The molecule has 4 nitrogen and oxygen atoms in total. The number of nitrogen functional groups attached to an aromatic ring is 1. The third kappa shape index (κ3) is 2.53. The lowest BCUT2D eigenvalue weighted by molar-refractivity contribution is 0.593. The van der Waals surface area contributed by atoms with Crippen LogP contribution in [0, 0.1) is 16.3 Å². The molecular formula is C12H11FIN3O. The van der Waals surface area contributed by atoms with Crippen molar-refractivity contribution in [1.82, 2.24) is 9.55 Å². The third-order valence-electron chi connectivity index (χ3n) is 2.57. The fourth-order valence-corrected chi connectivity index (χ4v) is 1.98. The van der Waals surface area contributed by atoms with Gasteiger partial charge in [-0.2, -0.15) is 0 Å². The van der Waals surface area contributed by atoms with Crippen LogP contribution >= 0.6 is 22.6 Å². The number of aromatic nitrogens is 2. The van der Waals surface area contributed by atoms with Crippen molar-refractivity contribution in [3.63, 3.8) is 0 Å². The van der Waals surface area contributed by atoms with Crippen molar-refractivity contribution < 1.29 is 4.39 Å². The molecule has 0 aliphatic heterocycles. The maximum Gasteiger partial charge on any atom is 0.267 e. The zero-order chi connectivity index (χ0) is 13.3. The van der Waals surface area contributed by atoms with Crippen molar-refractivity contribution in [2.24, 2.45) is 0 Å². The average molecular weight is 359 g/mol. The van der Waals surface area contributed by atoms with Crippen molar-refractivity contribution in [1.29, 1.82) is 0 Å². The summed E-state index contributed by atoms with van der Waals surface area (Å²) in [5, 5.41) is 0. The minimum absolute atomic E-state index is 0.147. The molecule has 0 spiro atoms. The van der Waals surface area contributed by atoms with Crippen molar-refractivity contribution in [3.8, 4) is 0 Å². The topological polar surface area (TPSA) is 60.9 Å². The second kappa shape index (κ2) is 5.05. The number of nitrogens with two attached hydrogens (primary N) is 1. The Morgan fingerprint density at radius 2 is 2.22 bits per heavy atom. The highest BCUT2D eigenvalue weighted by atomic mass is 127. The lowest BCUT2D eigenvalue weighted by atomic mass is 10.2. The molecule has 0 atom stereocenters. The van der Waals surface area contributed by atoms with E-state index in [4.69, 9.17) is 5.73 Å². The van der Waals surface area contributed by atoms with Gasteiger partial charge in [0, 0.05) is 11.3 Å². The second-order valence-electron chi connectivity index (χ2n) is 3.93. The summed E-state index contributed by atoms with van der Waals surface area (Å²) in [5.74, 6) is -0.419. The lowest BCUT2D eigenvalue weighted by Gasteiger charge is -2.08. The molecule has 0 radical (unpaired) electrons. The fourth-order valence-electron chi connectivity index (χ4n) is 1.53. The molecule has 1 heterocycles. The van der Waals surface area contributed by atoms with Crippen LogP contribution in [0.5, 0.6) is 0 Å². The summed E-state index contributed by atoms with van der Waals surface area (Å²) < 4.78 is 15.6. The molecule has 0 unspecified atom stereocenters. The Morgan fingerprint density at radius 1 is 1.50 bits per heavy atom. The first-order valence-electron chi connectivity index (χ1n) is 5.24. The SMILES string of the molecule is Cc1ncn(Cc2ccc(N)cc2F)c(=O)c1I. The molecule has 0 saturated heterocycles. The number of halogens is 2. The largest absolute Gasteiger partial charge is 0.399 e. The zero-order valence-corrected chi connectivity index (χ0v) is 11.8. The smallest absolute Gasteiger partial charge is 0.267 e. The number of anilines is 1. The van der Waals surface area contributed by atoms with E-state index in [9.17, 15) is 9.18 Å². The number of benzene rings is 1. The van der Waals surface area contributed by atoms with Gasteiger partial charge in [-0.1, -0.05) is 6.07 Å². The Kier molecular flexibility index (Phi) is 3.65. The highest BCUT2D eigenvalue weighted by molar-refractivity contribution is 14.1. The standard InChI is InChI=1S/C12H11FIN3O/c1-7-11(14)12(18)17(6-16-7)5-8-2-3-9(15)4-10(8)13/h2-4,6H,5,15H2,1H3. The van der Waals surface area contributed by atoms with Gasteiger partial charge in [0.1, 0.15) is 5.82 Å². The van der Waals surface area contributed by atoms with E-state index in [1.807, 2.05) is 22.6 Å². The molecule has 0 aliphatic rings. The molecule has 0 fully saturated rings. The van der Waals surface area contributed by atoms with Crippen LogP contribution in [-0.2, 0) is 6.54 Å². The predicted octanol–water partition coefficient (Wildman–Crippen LogP) is 1.93. The molecule has 2 rings (SSSR count). The number of hydrogen-bond acceptors (Lipinski definition) is 3. The van der Waals surface area contributed by atoms with Gasteiger partial charge in [-0.05, 0) is 41.6 Å². The van der Waals surface area contributed by atoms with Crippen LogP contribution in [0.25, 0.3) is 0 Å². The number of aryl methyl sites for hydroxylation is 1. The molecule has 6 heteroatoms. The van der Waals surface area contributed by atoms with Crippen LogP contribution in [0.15, 0.2) is 29.3 Å². The molecule has 0 saturated carbocycles. The maximum absolute atomic E-state index is 13.6. The molecular weight excluding hydrogens is 348 g/mol. The van der Waals surface area contributed by atoms with E-state index in [0.29, 0.717) is 20.5 Å². The highest BCUT2D eigenvalue weighted by Gasteiger charge is 2.08. The molecule has 1 aromatic heterocycles. The van der Waals surface area contributed by atoms with Gasteiger partial charge in [-0.15, -0.1) is 0 Å². The van der Waals surface area contributed by atoms with Gasteiger partial charge in [0.15, 0.2) is 0 Å². The second-order valence-corrected chi connectivity index (χ2v) is 5.01. The summed E-state index contributed by atoms with van der Waals surface area (Å²) in [6, 6.07) is 4.42. The Bertz CT molecular complexity index is 654. The van der Waals surface area contributed by atoms with E-state index in [-0.39, 0.29) is 12.1 Å². The molecule has 2 aromatic rings. The monoisotopic (exact) mass is 359 g/mol. The summed E-state index contributed by atoms with van der Waals surface area (Å²) in [7, 11) is 0. The zero-order valence-electron chi connectivity index (χ0n) is 9.65. The minimum atomic E-state index is -0.419. The van der Waals surface area contributed by atoms with Crippen molar-refractivity contribution in [2.45, 2.75) is 13.5 Å². The van der Waals surface area contributed by atoms with Gasteiger partial charge in [-0.3, -0.25) is 9.36 Å². The first kappa shape index (κ1) is 13.0. The Hall–Kier alpha value is -1.44. The van der Waals surface area contributed by atoms with E-state index in [1.165, 1.54) is 17.0 Å². The molecule has 1 aromatic carbocycles. The van der Waals surface area contributed by atoms with Crippen LogP contribution in [0.2, 0.25) is 0 Å². The number of hydrogen-bond donors (Lipinski definition) is 1. The molecule has 0 amide bonds. The van der Waals surface area contributed by atoms with E-state index < -0.39 is 5.82 Å². The Morgan fingerprint density at radius 3 is 2.89 bits per heavy atom. The lowest BCUT2D eigenvalue weighted by Crippen LogP contribution is -2.24. The first-order chi connectivity index (χ1) is 8.49. The molecule has 0 aliphatic carbocycles. The average Bonchev–Trinajstić information content (AvgIpc) is 2.33. The third-order valence-corrected chi connectivity index (χ3v) is 3.82. The van der Waals surface area contributed by atoms with Gasteiger partial charge in [0.2, 0.25) is 0 Å². The number of rotatable bonds is 2. The predicted molar refractivity (Wildman–Crippen MR) is 75.9 cm³/mol. The minimum Gasteiger partial charge on any atom is -0.399 e. The molecule has 2 N–H and O–H groups in total. The fraction of sp³-hybridized carbons (Fsp3) is 0.167. The Labute approximate surface area is 117 Å². The van der Waals surface area contributed by atoms with Gasteiger partial charge in [0.05, 0.1) is 22.1 Å². The van der Waals surface area contributed by atoms with E-state index >= 15 is 0 Å². The molecule has 0 bridgehead atoms. The van der Waals surface area contributed by atoms with Crippen molar-refractivity contribution >= 4 is 28.3 Å². The summed E-state index contributed by atoms with van der Waals surface area (Å²) in [6.07, 6.45) is 1.43. The van der Waals surface area contributed by atoms with E-state index in [0.717, 1.165) is 0 Å². The van der Waals surface area contributed by atoms with Gasteiger partial charge in [-0.25, -0.2) is 9.37 Å². The van der Waals surface area contributed by atoms with E-state index in [1.54, 1.807) is 19.1 Å². The van der Waals surface area contributed by atoms with E-state index in [2.05, 4.69) is 4.98 Å². The molecule has 94 valence electrons. The summed E-state index contributed by atoms with van der Waals surface area (Å²) in [6.45, 7) is 1.91. The summed E-state index contributed by atoms with van der Waals surface area (Å²) >= 11 is 1.94. The van der Waals surface area contributed by atoms with Gasteiger partial charge >= 0.3 is 0 Å². The van der Waals surface area contributed by atoms with Crippen LogP contribution in [0.3, 0.4) is 0 Å². The van der Waals surface area contributed by atoms with Crippen LogP contribution in [0.1, 0.15) is 11.3 Å².